The molecule has 2 unspecified atom stereocenters. The predicted octanol–water partition coefficient (Wildman–Crippen LogP) is 0.655. The van der Waals surface area contributed by atoms with Crippen LogP contribution in [-0.2, 0) is 14.4 Å². The van der Waals surface area contributed by atoms with Crippen molar-refractivity contribution in [3.8, 4) is 0 Å². The number of thioether (sulfide) groups is 1. The van der Waals surface area contributed by atoms with E-state index in [0.29, 0.717) is 13.0 Å². The zero-order valence-corrected chi connectivity index (χ0v) is 17.3. The van der Waals surface area contributed by atoms with Gasteiger partial charge in [0.2, 0.25) is 17.7 Å². The molecule has 3 amide bonds. The number of rotatable bonds is 6. The van der Waals surface area contributed by atoms with Crippen LogP contribution < -0.4 is 10.6 Å². The highest BCUT2D eigenvalue weighted by Gasteiger charge is 2.73. The monoisotopic (exact) mass is 409 g/mol. The lowest BCUT2D eigenvalue weighted by atomic mass is 9.70. The summed E-state index contributed by atoms with van der Waals surface area (Å²) in [6.45, 7) is 0.342. The number of carbonyl (C=O) groups is 3. The van der Waals surface area contributed by atoms with Gasteiger partial charge >= 0.3 is 0 Å². The normalized spacial score (nSPS) is 37.2. The Bertz CT molecular complexity index is 653. The molecule has 4 aliphatic rings. The molecule has 0 radical (unpaired) electrons. The summed E-state index contributed by atoms with van der Waals surface area (Å²) in [5, 5.41) is 15.4. The number of hydrogen-bond donors (Lipinski definition) is 3. The smallest absolute Gasteiger partial charge is 0.244 e. The molecule has 156 valence electrons. The van der Waals surface area contributed by atoms with Crippen LogP contribution in [0.2, 0.25) is 0 Å². The van der Waals surface area contributed by atoms with E-state index in [9.17, 15) is 19.5 Å². The van der Waals surface area contributed by atoms with Gasteiger partial charge in [-0.05, 0) is 32.1 Å². The fourth-order valence-corrected chi connectivity index (χ4v) is 8.15. The van der Waals surface area contributed by atoms with E-state index in [4.69, 9.17) is 0 Å². The Morgan fingerprint density at radius 1 is 1.21 bits per heavy atom. The Hall–Kier alpha value is -1.28. The number of nitrogens with zero attached hydrogens (tertiary/aromatic N) is 1. The molecule has 4 fully saturated rings. The SMILES string of the molecule is CNC(=O)[C@@H]1[C@@H]2CCC3(S2)C(C(=O)NC2CCCCC2)N(CCCO)C(=O)[C@H]13. The third kappa shape index (κ3) is 3.03. The van der Waals surface area contributed by atoms with Gasteiger partial charge in [0.25, 0.3) is 0 Å². The summed E-state index contributed by atoms with van der Waals surface area (Å²) >= 11 is 1.69. The van der Waals surface area contributed by atoms with E-state index in [-0.39, 0.29) is 41.5 Å². The van der Waals surface area contributed by atoms with Gasteiger partial charge in [0, 0.05) is 31.5 Å². The van der Waals surface area contributed by atoms with Gasteiger partial charge in [0.1, 0.15) is 6.04 Å². The van der Waals surface area contributed by atoms with Gasteiger partial charge < -0.3 is 20.6 Å². The molecule has 8 heteroatoms. The summed E-state index contributed by atoms with van der Waals surface area (Å²) in [5.74, 6) is -1.03. The van der Waals surface area contributed by atoms with Crippen molar-refractivity contribution in [1.82, 2.24) is 15.5 Å². The van der Waals surface area contributed by atoms with E-state index >= 15 is 0 Å². The highest BCUT2D eigenvalue weighted by molar-refractivity contribution is 8.02. The van der Waals surface area contributed by atoms with Gasteiger partial charge in [0.05, 0.1) is 16.6 Å². The molecule has 5 atom stereocenters. The molecule has 0 aromatic rings. The lowest BCUT2D eigenvalue weighted by Crippen LogP contribution is -2.55. The number of aliphatic hydroxyl groups is 1. The van der Waals surface area contributed by atoms with Crippen molar-refractivity contribution in [3.05, 3.63) is 0 Å². The molecule has 4 rings (SSSR count). The molecule has 1 spiro atoms. The summed E-state index contributed by atoms with van der Waals surface area (Å²) < 4.78 is -0.507. The number of likely N-dealkylation sites (tertiary alicyclic amines) is 1. The van der Waals surface area contributed by atoms with Crippen LogP contribution in [0.1, 0.15) is 51.4 Å². The Balaban J connectivity index is 1.63. The van der Waals surface area contributed by atoms with Crippen LogP contribution in [0.5, 0.6) is 0 Å². The molecular formula is C20H31N3O4S. The zero-order chi connectivity index (χ0) is 19.9. The molecule has 2 bridgehead atoms. The topological polar surface area (TPSA) is 98.7 Å². The van der Waals surface area contributed by atoms with Crippen LogP contribution in [-0.4, -0.2) is 70.0 Å². The zero-order valence-electron chi connectivity index (χ0n) is 16.5. The molecule has 3 saturated heterocycles. The van der Waals surface area contributed by atoms with Crippen molar-refractivity contribution in [1.29, 1.82) is 0 Å². The number of fused-ring (bicyclic) bond motifs is 1. The molecule has 3 N–H and O–H groups in total. The fourth-order valence-electron chi connectivity index (χ4n) is 5.93. The largest absolute Gasteiger partial charge is 0.396 e. The molecule has 0 aromatic carbocycles. The summed E-state index contributed by atoms with van der Waals surface area (Å²) in [7, 11) is 1.61. The molecule has 28 heavy (non-hydrogen) atoms. The minimum absolute atomic E-state index is 0.0208. The van der Waals surface area contributed by atoms with E-state index in [1.807, 2.05) is 0 Å². The Labute approximate surface area is 170 Å². The first-order valence-electron chi connectivity index (χ1n) is 10.6. The Morgan fingerprint density at radius 2 is 1.96 bits per heavy atom. The third-order valence-electron chi connectivity index (χ3n) is 7.11. The van der Waals surface area contributed by atoms with E-state index in [1.54, 1.807) is 23.7 Å². The van der Waals surface area contributed by atoms with Crippen molar-refractivity contribution in [2.75, 3.05) is 20.2 Å². The Kier molecular flexibility index (Phi) is 5.62. The molecule has 7 nitrogen and oxygen atoms in total. The van der Waals surface area contributed by atoms with E-state index in [0.717, 1.165) is 38.5 Å². The molecule has 3 aliphatic heterocycles. The first-order chi connectivity index (χ1) is 13.5. The van der Waals surface area contributed by atoms with Crippen LogP contribution in [0.3, 0.4) is 0 Å². The summed E-state index contributed by atoms with van der Waals surface area (Å²) in [4.78, 5) is 41.0. The molecular weight excluding hydrogens is 378 g/mol. The van der Waals surface area contributed by atoms with Crippen LogP contribution in [0, 0.1) is 11.8 Å². The molecule has 0 aromatic heterocycles. The maximum Gasteiger partial charge on any atom is 0.244 e. The highest BCUT2D eigenvalue weighted by atomic mass is 32.2. The first-order valence-corrected chi connectivity index (χ1v) is 11.5. The van der Waals surface area contributed by atoms with Crippen molar-refractivity contribution < 1.29 is 19.5 Å². The minimum atomic E-state index is -0.539. The van der Waals surface area contributed by atoms with Crippen LogP contribution in [0.15, 0.2) is 0 Å². The number of hydrogen-bond acceptors (Lipinski definition) is 5. The van der Waals surface area contributed by atoms with Gasteiger partial charge in [-0.25, -0.2) is 0 Å². The lowest BCUT2D eigenvalue weighted by Gasteiger charge is -2.35. The minimum Gasteiger partial charge on any atom is -0.396 e. The van der Waals surface area contributed by atoms with Crippen LogP contribution in [0.4, 0.5) is 0 Å². The predicted molar refractivity (Wildman–Crippen MR) is 107 cm³/mol. The quantitative estimate of drug-likeness (QED) is 0.598. The molecule has 1 saturated carbocycles. The number of amides is 3. The van der Waals surface area contributed by atoms with Gasteiger partial charge in [-0.3, -0.25) is 14.4 Å². The van der Waals surface area contributed by atoms with Gasteiger partial charge in [0.15, 0.2) is 0 Å². The second-order valence-corrected chi connectivity index (χ2v) is 10.2. The van der Waals surface area contributed by atoms with Crippen LogP contribution in [0.25, 0.3) is 0 Å². The average molecular weight is 410 g/mol. The van der Waals surface area contributed by atoms with Crippen molar-refractivity contribution >= 4 is 29.5 Å². The number of aliphatic hydroxyl groups excluding tert-OH is 1. The fraction of sp³-hybridized carbons (Fsp3) is 0.850. The van der Waals surface area contributed by atoms with Crippen molar-refractivity contribution in [3.63, 3.8) is 0 Å². The molecule has 3 heterocycles. The highest BCUT2D eigenvalue weighted by Crippen LogP contribution is 2.66. The average Bonchev–Trinajstić information content (AvgIpc) is 3.34. The number of nitrogens with one attached hydrogen (secondary N) is 2. The Morgan fingerprint density at radius 3 is 2.64 bits per heavy atom. The van der Waals surface area contributed by atoms with Crippen molar-refractivity contribution in [2.24, 2.45) is 11.8 Å². The maximum atomic E-state index is 13.4. The van der Waals surface area contributed by atoms with Crippen LogP contribution >= 0.6 is 11.8 Å². The van der Waals surface area contributed by atoms with E-state index < -0.39 is 16.7 Å². The first kappa shape index (κ1) is 20.0. The summed E-state index contributed by atoms with van der Waals surface area (Å²) in [6, 6.07) is -0.354. The lowest BCUT2D eigenvalue weighted by molar-refractivity contribution is -0.140. The standard InChI is InChI=1S/C20H31N3O4S/c1-21-17(25)14-13-8-9-20(28-13)15(14)19(27)23(10-5-11-24)16(20)18(26)22-12-6-3-2-4-7-12/h12-16,24H,2-11H2,1H3,(H,21,25)(H,22,26)/t13-,14+,15-,16?,20?/m0/s1. The summed E-state index contributed by atoms with van der Waals surface area (Å²) in [6.07, 6.45) is 7.58. The summed E-state index contributed by atoms with van der Waals surface area (Å²) in [5.41, 5.74) is 0. The maximum absolute atomic E-state index is 13.4. The second-order valence-electron chi connectivity index (χ2n) is 8.62. The molecule has 1 aliphatic carbocycles. The van der Waals surface area contributed by atoms with E-state index in [1.165, 1.54) is 6.42 Å². The van der Waals surface area contributed by atoms with Gasteiger partial charge in [-0.2, -0.15) is 0 Å². The number of carbonyl (C=O) groups excluding carboxylic acids is 3. The van der Waals surface area contributed by atoms with Gasteiger partial charge in [-0.15, -0.1) is 11.8 Å². The van der Waals surface area contributed by atoms with Crippen molar-refractivity contribution in [2.45, 2.75) is 73.4 Å². The third-order valence-corrected chi connectivity index (χ3v) is 9.06. The second kappa shape index (κ2) is 7.86. The van der Waals surface area contributed by atoms with E-state index in [2.05, 4.69) is 10.6 Å². The van der Waals surface area contributed by atoms with Gasteiger partial charge in [-0.1, -0.05) is 19.3 Å².